The van der Waals surface area contributed by atoms with Crippen LogP contribution in [0, 0.1) is 5.41 Å². The summed E-state index contributed by atoms with van der Waals surface area (Å²) >= 11 is 0. The Kier molecular flexibility index (Phi) is 4.59. The second kappa shape index (κ2) is 4.62. The Balaban J connectivity index is 4.17. The lowest BCUT2D eigenvalue weighted by Gasteiger charge is -2.23. The zero-order valence-corrected chi connectivity index (χ0v) is 10.7. The van der Waals surface area contributed by atoms with E-state index in [1.54, 1.807) is 6.92 Å². The molecule has 0 aliphatic carbocycles. The molecule has 0 radical (unpaired) electrons. The van der Waals surface area contributed by atoms with Crippen LogP contribution in [-0.4, -0.2) is 26.0 Å². The van der Waals surface area contributed by atoms with Crippen molar-refractivity contribution in [2.45, 2.75) is 51.8 Å². The molecule has 0 spiro atoms. The molecule has 0 rings (SSSR count). The van der Waals surface area contributed by atoms with Gasteiger partial charge in [0.15, 0.2) is 9.84 Å². The van der Waals surface area contributed by atoms with Crippen molar-refractivity contribution in [3.8, 4) is 0 Å². The first-order valence-electron chi connectivity index (χ1n) is 4.98. The van der Waals surface area contributed by atoms with Crippen molar-refractivity contribution >= 4 is 9.84 Å². The highest BCUT2D eigenvalue weighted by Crippen LogP contribution is 2.22. The Labute approximate surface area is 88.0 Å². The molecule has 14 heavy (non-hydrogen) atoms. The zero-order chi connectivity index (χ0) is 11.6. The van der Waals surface area contributed by atoms with Crippen LogP contribution >= 0.6 is 0 Å². The Bertz CT molecular complexity index is 264. The van der Waals surface area contributed by atoms with Gasteiger partial charge in [-0.15, -0.1) is 0 Å². The third-order valence-electron chi connectivity index (χ3n) is 2.51. The van der Waals surface area contributed by atoms with Crippen molar-refractivity contribution in [1.29, 1.82) is 0 Å². The summed E-state index contributed by atoms with van der Waals surface area (Å²) in [5, 5.41) is -0.440. The zero-order valence-electron chi connectivity index (χ0n) is 9.87. The number of nitrogens with two attached hydrogens (primary N) is 1. The molecule has 2 N–H and O–H groups in total. The van der Waals surface area contributed by atoms with E-state index in [9.17, 15) is 8.42 Å². The first kappa shape index (κ1) is 13.9. The molecule has 0 saturated carbocycles. The van der Waals surface area contributed by atoms with Crippen molar-refractivity contribution in [2.75, 3.05) is 6.26 Å². The van der Waals surface area contributed by atoms with Gasteiger partial charge < -0.3 is 5.73 Å². The van der Waals surface area contributed by atoms with Crippen LogP contribution in [0.4, 0.5) is 0 Å². The maximum atomic E-state index is 11.2. The molecule has 2 atom stereocenters. The lowest BCUT2D eigenvalue weighted by atomic mass is 9.88. The SMILES string of the molecule is CC(C(N)CCC(C)(C)C)S(C)(=O)=O. The average molecular weight is 221 g/mol. The molecule has 0 heterocycles. The molecule has 86 valence electrons. The van der Waals surface area contributed by atoms with E-state index in [0.717, 1.165) is 12.8 Å². The maximum Gasteiger partial charge on any atom is 0.151 e. The van der Waals surface area contributed by atoms with Gasteiger partial charge in [0.05, 0.1) is 5.25 Å². The number of rotatable bonds is 4. The molecule has 0 aromatic heterocycles. The van der Waals surface area contributed by atoms with Crippen LogP contribution in [0.25, 0.3) is 0 Å². The van der Waals surface area contributed by atoms with E-state index in [4.69, 9.17) is 5.73 Å². The van der Waals surface area contributed by atoms with Gasteiger partial charge in [0.2, 0.25) is 0 Å². The Morgan fingerprint density at radius 2 is 1.71 bits per heavy atom. The molecule has 0 aromatic rings. The fourth-order valence-corrected chi connectivity index (χ4v) is 1.92. The monoisotopic (exact) mass is 221 g/mol. The van der Waals surface area contributed by atoms with E-state index in [1.165, 1.54) is 6.26 Å². The molecule has 0 fully saturated rings. The molecule has 3 nitrogen and oxygen atoms in total. The standard InChI is InChI=1S/C10H23NO2S/c1-8(14(5,12)13)9(11)6-7-10(2,3)4/h8-9H,6-7,11H2,1-5H3. The van der Waals surface area contributed by atoms with Gasteiger partial charge in [0.25, 0.3) is 0 Å². The highest BCUT2D eigenvalue weighted by atomic mass is 32.2. The van der Waals surface area contributed by atoms with Crippen LogP contribution < -0.4 is 5.73 Å². The lowest BCUT2D eigenvalue weighted by Crippen LogP contribution is -2.38. The third-order valence-corrected chi connectivity index (χ3v) is 4.21. The molecule has 0 bridgehead atoms. The molecule has 0 amide bonds. The van der Waals surface area contributed by atoms with Crippen molar-refractivity contribution in [3.63, 3.8) is 0 Å². The maximum absolute atomic E-state index is 11.2. The van der Waals surface area contributed by atoms with E-state index in [-0.39, 0.29) is 11.5 Å². The van der Waals surface area contributed by atoms with Crippen LogP contribution in [0.15, 0.2) is 0 Å². The van der Waals surface area contributed by atoms with Gasteiger partial charge in [0, 0.05) is 12.3 Å². The number of hydrogen-bond acceptors (Lipinski definition) is 3. The summed E-state index contributed by atoms with van der Waals surface area (Å²) in [4.78, 5) is 0. The van der Waals surface area contributed by atoms with Crippen molar-refractivity contribution in [3.05, 3.63) is 0 Å². The van der Waals surface area contributed by atoms with Gasteiger partial charge in [-0.05, 0) is 25.2 Å². The normalized spacial score (nSPS) is 17.9. The van der Waals surface area contributed by atoms with Crippen LogP contribution in [0.1, 0.15) is 40.5 Å². The molecule has 0 saturated heterocycles. The third kappa shape index (κ3) is 5.60. The number of sulfone groups is 1. The van der Waals surface area contributed by atoms with Gasteiger partial charge in [-0.25, -0.2) is 8.42 Å². The topological polar surface area (TPSA) is 60.2 Å². The molecule has 0 aromatic carbocycles. The van der Waals surface area contributed by atoms with Crippen LogP contribution in [0.3, 0.4) is 0 Å². The van der Waals surface area contributed by atoms with Crippen LogP contribution in [0.5, 0.6) is 0 Å². The first-order chi connectivity index (χ1) is 6.04. The second-order valence-corrected chi connectivity index (χ2v) is 7.70. The van der Waals surface area contributed by atoms with Gasteiger partial charge in [-0.2, -0.15) is 0 Å². The summed E-state index contributed by atoms with van der Waals surface area (Å²) in [5.41, 5.74) is 6.05. The van der Waals surface area contributed by atoms with Gasteiger partial charge >= 0.3 is 0 Å². The summed E-state index contributed by atoms with van der Waals surface area (Å²) in [6.07, 6.45) is 2.96. The molecular weight excluding hydrogens is 198 g/mol. The Hall–Kier alpha value is -0.0900. The smallest absolute Gasteiger partial charge is 0.151 e. The van der Waals surface area contributed by atoms with Gasteiger partial charge in [0.1, 0.15) is 0 Å². The predicted molar refractivity (Wildman–Crippen MR) is 61.0 cm³/mol. The molecule has 2 unspecified atom stereocenters. The van der Waals surface area contributed by atoms with E-state index < -0.39 is 15.1 Å². The molecule has 0 aliphatic heterocycles. The van der Waals surface area contributed by atoms with Gasteiger partial charge in [-0.3, -0.25) is 0 Å². The first-order valence-corrected chi connectivity index (χ1v) is 6.94. The van der Waals surface area contributed by atoms with Crippen LogP contribution in [0.2, 0.25) is 0 Å². The van der Waals surface area contributed by atoms with Crippen LogP contribution in [-0.2, 0) is 9.84 Å². The minimum atomic E-state index is -2.99. The molecule has 0 aliphatic rings. The quantitative estimate of drug-likeness (QED) is 0.784. The summed E-state index contributed by atoms with van der Waals surface area (Å²) in [6, 6.07) is -0.246. The van der Waals surface area contributed by atoms with E-state index in [1.807, 2.05) is 0 Å². The highest BCUT2D eigenvalue weighted by molar-refractivity contribution is 7.91. The summed E-state index contributed by atoms with van der Waals surface area (Å²) in [7, 11) is -2.99. The Morgan fingerprint density at radius 1 is 1.29 bits per heavy atom. The van der Waals surface area contributed by atoms with Crippen molar-refractivity contribution in [2.24, 2.45) is 11.1 Å². The van der Waals surface area contributed by atoms with Gasteiger partial charge in [-0.1, -0.05) is 20.8 Å². The fourth-order valence-electron chi connectivity index (χ4n) is 1.15. The minimum Gasteiger partial charge on any atom is -0.327 e. The molecule has 4 heteroatoms. The summed E-state index contributed by atoms with van der Waals surface area (Å²) in [5.74, 6) is 0. The highest BCUT2D eigenvalue weighted by Gasteiger charge is 2.23. The molecular formula is C10H23NO2S. The summed E-state index contributed by atoms with van der Waals surface area (Å²) in [6.45, 7) is 8.07. The summed E-state index contributed by atoms with van der Waals surface area (Å²) < 4.78 is 22.4. The largest absolute Gasteiger partial charge is 0.327 e. The van der Waals surface area contributed by atoms with E-state index in [2.05, 4.69) is 20.8 Å². The minimum absolute atomic E-state index is 0.217. The van der Waals surface area contributed by atoms with Crippen molar-refractivity contribution < 1.29 is 8.42 Å². The average Bonchev–Trinajstić information content (AvgIpc) is 1.95. The fraction of sp³-hybridized carbons (Fsp3) is 1.00. The second-order valence-electron chi connectivity index (χ2n) is 5.30. The Morgan fingerprint density at radius 3 is 2.00 bits per heavy atom. The van der Waals surface area contributed by atoms with E-state index in [0.29, 0.717) is 0 Å². The van der Waals surface area contributed by atoms with E-state index >= 15 is 0 Å². The number of hydrogen-bond donors (Lipinski definition) is 1. The van der Waals surface area contributed by atoms with Crippen molar-refractivity contribution in [1.82, 2.24) is 0 Å². The predicted octanol–water partition coefficient (Wildman–Crippen LogP) is 1.57. The lowest BCUT2D eigenvalue weighted by molar-refractivity contribution is 0.346.